The third kappa shape index (κ3) is 5.52. The van der Waals surface area contributed by atoms with Crippen molar-refractivity contribution in [1.82, 2.24) is 10.6 Å². The van der Waals surface area contributed by atoms with Crippen LogP contribution >= 0.6 is 0 Å². The molecule has 194 valence electrons. The number of amidine groups is 2. The van der Waals surface area contributed by atoms with Crippen molar-refractivity contribution in [3.8, 4) is 22.8 Å². The Morgan fingerprint density at radius 3 is 2.24 bits per heavy atom. The maximum Gasteiger partial charge on any atom is 0.135 e. The molecule has 0 saturated carbocycles. The average Bonchev–Trinajstić information content (AvgIpc) is 3.75. The Hall–Kier alpha value is -4.26. The summed E-state index contributed by atoms with van der Waals surface area (Å²) in [4.78, 5) is 9.02. The van der Waals surface area contributed by atoms with Crippen LogP contribution < -0.4 is 20.1 Å². The lowest BCUT2D eigenvalue weighted by molar-refractivity contribution is 0.279. The third-order valence-electron chi connectivity index (χ3n) is 6.73. The molecule has 2 aliphatic heterocycles. The van der Waals surface area contributed by atoms with Crippen molar-refractivity contribution in [1.29, 1.82) is 0 Å². The number of ether oxygens (including phenoxy) is 2. The van der Waals surface area contributed by atoms with Crippen LogP contribution in [0, 0.1) is 0 Å². The lowest BCUT2D eigenvalue weighted by Crippen LogP contribution is -2.20. The molecule has 2 aliphatic rings. The topological polar surface area (TPSA) is 80.4 Å². The monoisotopic (exact) mass is 508 g/mol. The van der Waals surface area contributed by atoms with Crippen molar-refractivity contribution >= 4 is 22.6 Å². The SMILES string of the molecule is c1ccc(C2=NCCN2)c(OCCCCCOc2ccc(-c3cc4cc(C5=NCCN5)ccc4o3)cc2)c1. The molecule has 3 aromatic carbocycles. The molecule has 0 aliphatic carbocycles. The normalized spacial score (nSPS) is 14.6. The number of nitrogens with one attached hydrogen (secondary N) is 2. The fraction of sp³-hybridized carbons (Fsp3) is 0.290. The summed E-state index contributed by atoms with van der Waals surface area (Å²) < 4.78 is 18.1. The van der Waals surface area contributed by atoms with E-state index in [2.05, 4.69) is 44.9 Å². The summed E-state index contributed by atoms with van der Waals surface area (Å²) in [5.74, 6) is 4.50. The van der Waals surface area contributed by atoms with Gasteiger partial charge in [-0.25, -0.2) is 0 Å². The maximum absolute atomic E-state index is 6.09. The molecule has 6 rings (SSSR count). The first kappa shape index (κ1) is 24.1. The van der Waals surface area contributed by atoms with Crippen LogP contribution in [0.4, 0.5) is 0 Å². The number of fused-ring (bicyclic) bond motifs is 1. The molecule has 0 saturated heterocycles. The number of hydrogen-bond donors (Lipinski definition) is 2. The van der Waals surface area contributed by atoms with Crippen LogP contribution in [0.3, 0.4) is 0 Å². The first-order chi connectivity index (χ1) is 18.8. The second kappa shape index (κ2) is 11.4. The highest BCUT2D eigenvalue weighted by Crippen LogP contribution is 2.30. The van der Waals surface area contributed by atoms with Gasteiger partial charge in [0.05, 0.1) is 31.9 Å². The highest BCUT2D eigenvalue weighted by molar-refractivity contribution is 6.03. The number of benzene rings is 3. The van der Waals surface area contributed by atoms with Gasteiger partial charge in [-0.15, -0.1) is 0 Å². The highest BCUT2D eigenvalue weighted by Gasteiger charge is 2.13. The molecular weight excluding hydrogens is 476 g/mol. The van der Waals surface area contributed by atoms with Gasteiger partial charge in [-0.2, -0.15) is 0 Å². The summed E-state index contributed by atoms with van der Waals surface area (Å²) in [6, 6.07) is 24.5. The quantitative estimate of drug-likeness (QED) is 0.264. The Morgan fingerprint density at radius 2 is 1.45 bits per heavy atom. The zero-order chi connectivity index (χ0) is 25.6. The van der Waals surface area contributed by atoms with Crippen molar-refractivity contribution < 1.29 is 13.9 Å². The van der Waals surface area contributed by atoms with Gasteiger partial charge in [0.15, 0.2) is 0 Å². The molecule has 0 amide bonds. The van der Waals surface area contributed by atoms with Crippen LogP contribution in [-0.4, -0.2) is 51.1 Å². The van der Waals surface area contributed by atoms with E-state index in [1.807, 2.05) is 48.5 Å². The molecule has 0 unspecified atom stereocenters. The molecule has 0 atom stereocenters. The third-order valence-corrected chi connectivity index (χ3v) is 6.73. The van der Waals surface area contributed by atoms with E-state index in [-0.39, 0.29) is 0 Å². The Labute approximate surface area is 222 Å². The van der Waals surface area contributed by atoms with Crippen LogP contribution in [0.25, 0.3) is 22.3 Å². The summed E-state index contributed by atoms with van der Waals surface area (Å²) in [6.07, 6.45) is 3.00. The summed E-state index contributed by atoms with van der Waals surface area (Å²) in [7, 11) is 0. The van der Waals surface area contributed by atoms with Crippen LogP contribution in [-0.2, 0) is 0 Å². The zero-order valence-corrected chi connectivity index (χ0v) is 21.4. The molecule has 0 spiro atoms. The van der Waals surface area contributed by atoms with Crippen molar-refractivity contribution in [2.45, 2.75) is 19.3 Å². The Balaban J connectivity index is 0.951. The summed E-state index contributed by atoms with van der Waals surface area (Å²) in [6.45, 7) is 4.81. The first-order valence-corrected chi connectivity index (χ1v) is 13.4. The fourth-order valence-electron chi connectivity index (χ4n) is 4.76. The number of hydrogen-bond acceptors (Lipinski definition) is 7. The minimum atomic E-state index is 0.683. The number of rotatable bonds is 11. The molecule has 0 radical (unpaired) electrons. The van der Waals surface area contributed by atoms with Crippen molar-refractivity contribution in [2.24, 2.45) is 9.98 Å². The van der Waals surface area contributed by atoms with Gasteiger partial charge in [0, 0.05) is 29.6 Å². The number of unbranched alkanes of at least 4 members (excludes halogenated alkanes) is 2. The van der Waals surface area contributed by atoms with Crippen LogP contribution in [0.1, 0.15) is 30.4 Å². The average molecular weight is 509 g/mol. The molecule has 3 heterocycles. The van der Waals surface area contributed by atoms with Gasteiger partial charge in [0.25, 0.3) is 0 Å². The van der Waals surface area contributed by atoms with Gasteiger partial charge in [-0.05, 0) is 79.9 Å². The lowest BCUT2D eigenvalue weighted by atomic mass is 10.1. The second-order valence-electron chi connectivity index (χ2n) is 9.46. The molecule has 0 bridgehead atoms. The molecule has 1 aromatic heterocycles. The number of furan rings is 1. The highest BCUT2D eigenvalue weighted by atomic mass is 16.5. The van der Waals surface area contributed by atoms with Crippen molar-refractivity contribution in [3.05, 3.63) is 83.9 Å². The van der Waals surface area contributed by atoms with E-state index in [0.717, 1.165) is 102 Å². The van der Waals surface area contributed by atoms with E-state index >= 15 is 0 Å². The number of aliphatic imine (C=N–C) groups is 2. The van der Waals surface area contributed by atoms with Gasteiger partial charge < -0.3 is 24.5 Å². The van der Waals surface area contributed by atoms with E-state index < -0.39 is 0 Å². The summed E-state index contributed by atoms with van der Waals surface area (Å²) in [5, 5.41) is 7.72. The smallest absolute Gasteiger partial charge is 0.135 e. The van der Waals surface area contributed by atoms with Gasteiger partial charge in [-0.1, -0.05) is 12.1 Å². The van der Waals surface area contributed by atoms with E-state index in [0.29, 0.717) is 13.2 Å². The molecule has 4 aromatic rings. The van der Waals surface area contributed by atoms with Gasteiger partial charge in [-0.3, -0.25) is 9.98 Å². The standard InChI is InChI=1S/C31H32N4O3/c1(5-19-37-28-7-3-2-6-26(28)31-34-16-17-35-31)4-18-36-25-11-8-22(9-12-25)29-21-24-20-23(10-13-27(24)38-29)30-32-14-15-33-30/h2-3,6-13,20-21H,1,4-5,14-19H2,(H,32,33)(H,34,35). The molecule has 38 heavy (non-hydrogen) atoms. The first-order valence-electron chi connectivity index (χ1n) is 13.4. The summed E-state index contributed by atoms with van der Waals surface area (Å²) in [5.41, 5.74) is 4.04. The van der Waals surface area contributed by atoms with E-state index in [4.69, 9.17) is 13.9 Å². The van der Waals surface area contributed by atoms with Crippen LogP contribution in [0.15, 0.2) is 87.2 Å². The van der Waals surface area contributed by atoms with Gasteiger partial charge in [0.2, 0.25) is 0 Å². The predicted molar refractivity (Wildman–Crippen MR) is 152 cm³/mol. The Kier molecular flexibility index (Phi) is 7.24. The molecule has 2 N–H and O–H groups in total. The van der Waals surface area contributed by atoms with Gasteiger partial charge >= 0.3 is 0 Å². The van der Waals surface area contributed by atoms with E-state index in [1.54, 1.807) is 0 Å². The minimum absolute atomic E-state index is 0.683. The molecule has 0 fully saturated rings. The second-order valence-corrected chi connectivity index (χ2v) is 9.46. The van der Waals surface area contributed by atoms with Gasteiger partial charge in [0.1, 0.15) is 34.5 Å². The largest absolute Gasteiger partial charge is 0.494 e. The molecule has 7 nitrogen and oxygen atoms in total. The predicted octanol–water partition coefficient (Wildman–Crippen LogP) is 5.43. The Bertz CT molecular complexity index is 1460. The van der Waals surface area contributed by atoms with Crippen molar-refractivity contribution in [3.63, 3.8) is 0 Å². The molecule has 7 heteroatoms. The lowest BCUT2D eigenvalue weighted by Gasteiger charge is -2.12. The van der Waals surface area contributed by atoms with Crippen LogP contribution in [0.5, 0.6) is 11.5 Å². The number of nitrogens with zero attached hydrogens (tertiary/aromatic N) is 2. The number of para-hydroxylation sites is 1. The van der Waals surface area contributed by atoms with E-state index in [1.165, 1.54) is 0 Å². The van der Waals surface area contributed by atoms with E-state index in [9.17, 15) is 0 Å². The van der Waals surface area contributed by atoms with Crippen LogP contribution in [0.2, 0.25) is 0 Å². The molecular formula is C31H32N4O3. The zero-order valence-electron chi connectivity index (χ0n) is 21.4. The maximum atomic E-state index is 6.09. The van der Waals surface area contributed by atoms with Crippen molar-refractivity contribution in [2.75, 3.05) is 39.4 Å². The Morgan fingerprint density at radius 1 is 0.711 bits per heavy atom. The fourth-order valence-corrected chi connectivity index (χ4v) is 4.76. The summed E-state index contributed by atoms with van der Waals surface area (Å²) >= 11 is 0. The minimum Gasteiger partial charge on any atom is -0.494 e.